The summed E-state index contributed by atoms with van der Waals surface area (Å²) in [7, 11) is 0. The summed E-state index contributed by atoms with van der Waals surface area (Å²) in [6, 6.07) is 0. The summed E-state index contributed by atoms with van der Waals surface area (Å²) in [6.45, 7) is 7.16. The SMILES string of the molecule is CCCCCC(C)(O)C1(CN)CCCC(C)C1. The fraction of sp³-hybridized carbons (Fsp3) is 1.00. The molecular formula is C15H31NO. The first kappa shape index (κ1) is 15.0. The van der Waals surface area contributed by atoms with E-state index in [-0.39, 0.29) is 5.41 Å². The van der Waals surface area contributed by atoms with Crippen molar-refractivity contribution in [1.29, 1.82) is 0 Å². The second kappa shape index (κ2) is 6.19. The third-order valence-electron chi connectivity index (χ3n) is 4.89. The highest BCUT2D eigenvalue weighted by Crippen LogP contribution is 2.48. The second-order valence-electron chi connectivity index (χ2n) is 6.42. The minimum atomic E-state index is -0.578. The van der Waals surface area contributed by atoms with E-state index in [1.54, 1.807) is 0 Å². The lowest BCUT2D eigenvalue weighted by atomic mass is 9.60. The Morgan fingerprint density at radius 2 is 2.12 bits per heavy atom. The van der Waals surface area contributed by atoms with E-state index in [4.69, 9.17) is 5.73 Å². The van der Waals surface area contributed by atoms with Gasteiger partial charge < -0.3 is 10.8 Å². The molecule has 0 heterocycles. The van der Waals surface area contributed by atoms with Crippen LogP contribution in [0.25, 0.3) is 0 Å². The van der Waals surface area contributed by atoms with Crippen LogP contribution >= 0.6 is 0 Å². The van der Waals surface area contributed by atoms with Crippen LogP contribution in [0.3, 0.4) is 0 Å². The highest BCUT2D eigenvalue weighted by atomic mass is 16.3. The van der Waals surface area contributed by atoms with Crippen molar-refractivity contribution in [3.63, 3.8) is 0 Å². The highest BCUT2D eigenvalue weighted by molar-refractivity contribution is 4.99. The Bertz CT molecular complexity index is 227. The molecule has 0 saturated heterocycles. The largest absolute Gasteiger partial charge is 0.390 e. The number of rotatable bonds is 6. The molecule has 0 spiro atoms. The van der Waals surface area contributed by atoms with Crippen molar-refractivity contribution >= 4 is 0 Å². The van der Waals surface area contributed by atoms with Gasteiger partial charge in [-0.15, -0.1) is 0 Å². The molecule has 3 N–H and O–H groups in total. The molecule has 2 heteroatoms. The molecule has 0 bridgehead atoms. The molecule has 1 saturated carbocycles. The number of hydrogen-bond donors (Lipinski definition) is 2. The van der Waals surface area contributed by atoms with Crippen LogP contribution in [0.1, 0.15) is 72.1 Å². The highest BCUT2D eigenvalue weighted by Gasteiger charge is 2.47. The average Bonchev–Trinajstić information content (AvgIpc) is 2.29. The van der Waals surface area contributed by atoms with E-state index in [0.717, 1.165) is 25.7 Å². The summed E-state index contributed by atoms with van der Waals surface area (Å²) >= 11 is 0. The van der Waals surface area contributed by atoms with Crippen molar-refractivity contribution in [2.24, 2.45) is 17.1 Å². The first-order valence-electron chi connectivity index (χ1n) is 7.40. The van der Waals surface area contributed by atoms with Crippen LogP contribution in [0.15, 0.2) is 0 Å². The van der Waals surface area contributed by atoms with Crippen LogP contribution < -0.4 is 5.73 Å². The summed E-state index contributed by atoms with van der Waals surface area (Å²) in [4.78, 5) is 0. The van der Waals surface area contributed by atoms with Gasteiger partial charge in [0.2, 0.25) is 0 Å². The third-order valence-corrected chi connectivity index (χ3v) is 4.89. The molecule has 102 valence electrons. The van der Waals surface area contributed by atoms with Crippen molar-refractivity contribution in [2.45, 2.75) is 77.7 Å². The monoisotopic (exact) mass is 241 g/mol. The van der Waals surface area contributed by atoms with Crippen molar-refractivity contribution in [3.05, 3.63) is 0 Å². The summed E-state index contributed by atoms with van der Waals surface area (Å²) in [5.74, 6) is 0.713. The Kier molecular flexibility index (Phi) is 5.46. The minimum Gasteiger partial charge on any atom is -0.390 e. The zero-order valence-electron chi connectivity index (χ0n) is 12.0. The summed E-state index contributed by atoms with van der Waals surface area (Å²) < 4.78 is 0. The number of hydrogen-bond acceptors (Lipinski definition) is 2. The molecule has 0 aromatic heterocycles. The van der Waals surface area contributed by atoms with Gasteiger partial charge in [0.15, 0.2) is 0 Å². The molecule has 3 unspecified atom stereocenters. The smallest absolute Gasteiger partial charge is 0.0687 e. The van der Waals surface area contributed by atoms with Gasteiger partial charge in [-0.1, -0.05) is 46.0 Å². The second-order valence-corrected chi connectivity index (χ2v) is 6.42. The Morgan fingerprint density at radius 3 is 2.65 bits per heavy atom. The van der Waals surface area contributed by atoms with E-state index >= 15 is 0 Å². The Labute approximate surface area is 107 Å². The molecule has 0 radical (unpaired) electrons. The first-order valence-corrected chi connectivity index (χ1v) is 7.40. The summed E-state index contributed by atoms with van der Waals surface area (Å²) in [5, 5.41) is 10.9. The lowest BCUT2D eigenvalue weighted by Crippen LogP contribution is -2.53. The lowest BCUT2D eigenvalue weighted by Gasteiger charge is -2.49. The molecule has 1 fully saturated rings. The van der Waals surface area contributed by atoms with Crippen molar-refractivity contribution in [1.82, 2.24) is 0 Å². The lowest BCUT2D eigenvalue weighted by molar-refractivity contribution is -0.100. The van der Waals surface area contributed by atoms with Gasteiger partial charge in [0, 0.05) is 12.0 Å². The van der Waals surface area contributed by atoms with Crippen LogP contribution in [-0.4, -0.2) is 17.3 Å². The maximum absolute atomic E-state index is 10.9. The van der Waals surface area contributed by atoms with E-state index in [2.05, 4.69) is 13.8 Å². The fourth-order valence-corrected chi connectivity index (χ4v) is 3.54. The number of aliphatic hydroxyl groups is 1. The molecule has 1 aliphatic carbocycles. The van der Waals surface area contributed by atoms with E-state index in [1.807, 2.05) is 6.92 Å². The zero-order chi connectivity index (χ0) is 12.9. The minimum absolute atomic E-state index is 0.0294. The van der Waals surface area contributed by atoms with Crippen LogP contribution in [0.5, 0.6) is 0 Å². The predicted molar refractivity (Wildman–Crippen MR) is 73.9 cm³/mol. The van der Waals surface area contributed by atoms with E-state index < -0.39 is 5.60 Å². The van der Waals surface area contributed by atoms with E-state index in [0.29, 0.717) is 12.5 Å². The standard InChI is InChI=1S/C15H31NO/c1-4-5-6-9-14(3,17)15(12-16)10-7-8-13(2)11-15/h13,17H,4-12,16H2,1-3H3. The molecule has 0 aromatic carbocycles. The maximum atomic E-state index is 10.9. The van der Waals surface area contributed by atoms with Gasteiger partial charge >= 0.3 is 0 Å². The molecule has 17 heavy (non-hydrogen) atoms. The molecule has 1 rings (SSSR count). The van der Waals surface area contributed by atoms with Crippen LogP contribution in [-0.2, 0) is 0 Å². The topological polar surface area (TPSA) is 46.2 Å². The molecule has 0 aliphatic heterocycles. The van der Waals surface area contributed by atoms with Gasteiger partial charge in [0.25, 0.3) is 0 Å². The molecule has 2 nitrogen and oxygen atoms in total. The average molecular weight is 241 g/mol. The van der Waals surface area contributed by atoms with Crippen LogP contribution in [0.2, 0.25) is 0 Å². The fourth-order valence-electron chi connectivity index (χ4n) is 3.54. The van der Waals surface area contributed by atoms with Gasteiger partial charge in [0.05, 0.1) is 5.60 Å². The van der Waals surface area contributed by atoms with Crippen molar-refractivity contribution in [3.8, 4) is 0 Å². The Balaban J connectivity index is 2.68. The molecule has 3 atom stereocenters. The molecule has 0 aromatic rings. The van der Waals surface area contributed by atoms with Crippen molar-refractivity contribution < 1.29 is 5.11 Å². The Hall–Kier alpha value is -0.0800. The maximum Gasteiger partial charge on any atom is 0.0687 e. The Morgan fingerprint density at radius 1 is 1.41 bits per heavy atom. The normalized spacial score (nSPS) is 33.4. The molecule has 0 amide bonds. The van der Waals surface area contributed by atoms with E-state index in [9.17, 15) is 5.11 Å². The van der Waals surface area contributed by atoms with Gasteiger partial charge in [-0.3, -0.25) is 0 Å². The third kappa shape index (κ3) is 3.45. The zero-order valence-corrected chi connectivity index (χ0v) is 12.0. The number of unbranched alkanes of at least 4 members (excludes halogenated alkanes) is 2. The van der Waals surface area contributed by atoms with Crippen molar-refractivity contribution in [2.75, 3.05) is 6.54 Å². The molecule has 1 aliphatic rings. The van der Waals surface area contributed by atoms with Crippen LogP contribution in [0.4, 0.5) is 0 Å². The van der Waals surface area contributed by atoms with E-state index in [1.165, 1.54) is 25.7 Å². The predicted octanol–water partition coefficient (Wildman–Crippen LogP) is 3.47. The van der Waals surface area contributed by atoms with Gasteiger partial charge in [-0.2, -0.15) is 0 Å². The summed E-state index contributed by atoms with van der Waals surface area (Å²) in [6.07, 6.45) is 9.18. The van der Waals surface area contributed by atoms with Gasteiger partial charge in [-0.25, -0.2) is 0 Å². The number of nitrogens with two attached hydrogens (primary N) is 1. The van der Waals surface area contributed by atoms with Crippen LogP contribution in [0, 0.1) is 11.3 Å². The first-order chi connectivity index (χ1) is 7.97. The molecular weight excluding hydrogens is 210 g/mol. The van der Waals surface area contributed by atoms with Gasteiger partial charge in [-0.05, 0) is 32.1 Å². The van der Waals surface area contributed by atoms with Gasteiger partial charge in [0.1, 0.15) is 0 Å². The summed E-state index contributed by atoms with van der Waals surface area (Å²) in [5.41, 5.74) is 5.42. The quantitative estimate of drug-likeness (QED) is 0.699.